The lowest BCUT2D eigenvalue weighted by Gasteiger charge is -2.14. The molecule has 1 aliphatic rings. The lowest BCUT2D eigenvalue weighted by atomic mass is 10.1. The molecular weight excluding hydrogens is 453 g/mol. The minimum atomic E-state index is -1.12. The number of amides is 2. The van der Waals surface area contributed by atoms with Crippen LogP contribution in [0.2, 0.25) is 10.0 Å². The second-order valence-electron chi connectivity index (χ2n) is 6.06. The predicted molar refractivity (Wildman–Crippen MR) is 114 cm³/mol. The highest BCUT2D eigenvalue weighted by molar-refractivity contribution is 8.18. The van der Waals surface area contributed by atoms with Crippen LogP contribution in [0.1, 0.15) is 11.1 Å². The molecule has 1 aliphatic heterocycles. The predicted octanol–water partition coefficient (Wildman–Crippen LogP) is 4.70. The van der Waals surface area contributed by atoms with Gasteiger partial charge < -0.3 is 14.6 Å². The quantitative estimate of drug-likeness (QED) is 0.589. The van der Waals surface area contributed by atoms with E-state index in [4.69, 9.17) is 37.8 Å². The number of thioether (sulfide) groups is 1. The fraction of sp³-hybridized carbons (Fsp3) is 0.150. The van der Waals surface area contributed by atoms with Crippen LogP contribution in [0.5, 0.6) is 11.5 Å². The summed E-state index contributed by atoms with van der Waals surface area (Å²) in [6.45, 7) is -0.551. The van der Waals surface area contributed by atoms with Crippen LogP contribution >= 0.6 is 35.0 Å². The van der Waals surface area contributed by atoms with Crippen molar-refractivity contribution in [3.63, 3.8) is 0 Å². The van der Waals surface area contributed by atoms with Gasteiger partial charge in [0.05, 0.1) is 18.6 Å². The maximum absolute atomic E-state index is 12.8. The monoisotopic (exact) mass is 467 g/mol. The van der Waals surface area contributed by atoms with Crippen LogP contribution in [0.4, 0.5) is 4.79 Å². The lowest BCUT2D eigenvalue weighted by molar-refractivity contribution is -0.139. The molecule has 0 atom stereocenters. The summed E-state index contributed by atoms with van der Waals surface area (Å²) in [5.74, 6) is -1.04. The number of imide groups is 1. The smallest absolute Gasteiger partial charge is 0.341 e. The Labute approximate surface area is 186 Å². The number of carbonyl (C=O) groups is 3. The van der Waals surface area contributed by atoms with Gasteiger partial charge in [0.2, 0.25) is 0 Å². The molecule has 1 fully saturated rings. The molecular formula is C20H15Cl2NO6S. The fourth-order valence-electron chi connectivity index (χ4n) is 2.66. The van der Waals surface area contributed by atoms with Gasteiger partial charge in [-0.25, -0.2) is 4.79 Å². The second kappa shape index (κ2) is 9.42. The van der Waals surface area contributed by atoms with Crippen LogP contribution < -0.4 is 9.47 Å². The van der Waals surface area contributed by atoms with Crippen molar-refractivity contribution < 1.29 is 29.0 Å². The number of carboxylic acids is 1. The summed E-state index contributed by atoms with van der Waals surface area (Å²) in [6, 6.07) is 9.69. The zero-order valence-electron chi connectivity index (χ0n) is 15.6. The van der Waals surface area contributed by atoms with Crippen LogP contribution in [-0.2, 0) is 16.1 Å². The Morgan fingerprint density at radius 2 is 1.87 bits per heavy atom. The topological polar surface area (TPSA) is 93.1 Å². The number of halogens is 2. The summed E-state index contributed by atoms with van der Waals surface area (Å²) in [5.41, 5.74) is 1.07. The molecule has 1 heterocycles. The van der Waals surface area contributed by atoms with E-state index in [0.717, 1.165) is 16.7 Å². The number of carboxylic acid groups (broad SMARTS) is 1. The number of rotatable bonds is 7. The summed E-state index contributed by atoms with van der Waals surface area (Å²) >= 11 is 13.1. The molecule has 0 spiro atoms. The van der Waals surface area contributed by atoms with Gasteiger partial charge in [-0.1, -0.05) is 35.3 Å². The minimum Gasteiger partial charge on any atom is -0.493 e. The maximum atomic E-state index is 12.8. The molecule has 2 aromatic rings. The molecule has 3 rings (SSSR count). The van der Waals surface area contributed by atoms with E-state index in [1.807, 2.05) is 0 Å². The highest BCUT2D eigenvalue weighted by Gasteiger charge is 2.35. The van der Waals surface area contributed by atoms with E-state index in [1.165, 1.54) is 13.2 Å². The third kappa shape index (κ3) is 4.89. The molecule has 0 bridgehead atoms. The zero-order chi connectivity index (χ0) is 21.8. The van der Waals surface area contributed by atoms with Crippen molar-refractivity contribution in [3.05, 3.63) is 62.5 Å². The van der Waals surface area contributed by atoms with Gasteiger partial charge in [0.25, 0.3) is 11.1 Å². The number of hydrogen-bond donors (Lipinski definition) is 1. The molecule has 7 nitrogen and oxygen atoms in total. The average Bonchev–Trinajstić information content (AvgIpc) is 2.96. The summed E-state index contributed by atoms with van der Waals surface area (Å²) in [5, 5.41) is 9.03. The normalized spacial score (nSPS) is 15.0. The first-order valence-electron chi connectivity index (χ1n) is 8.51. The van der Waals surface area contributed by atoms with Crippen LogP contribution in [0.3, 0.4) is 0 Å². The molecule has 2 aromatic carbocycles. The van der Waals surface area contributed by atoms with Gasteiger partial charge in [-0.05, 0) is 47.7 Å². The molecule has 0 aliphatic carbocycles. The van der Waals surface area contributed by atoms with E-state index in [2.05, 4.69) is 0 Å². The molecule has 0 unspecified atom stereocenters. The van der Waals surface area contributed by atoms with E-state index in [9.17, 15) is 14.4 Å². The zero-order valence-corrected chi connectivity index (χ0v) is 17.9. The first kappa shape index (κ1) is 22.0. The van der Waals surface area contributed by atoms with Crippen molar-refractivity contribution in [2.24, 2.45) is 0 Å². The van der Waals surface area contributed by atoms with Crippen molar-refractivity contribution in [2.45, 2.75) is 6.54 Å². The van der Waals surface area contributed by atoms with Gasteiger partial charge in [0.15, 0.2) is 18.1 Å². The van der Waals surface area contributed by atoms with Crippen LogP contribution in [0.15, 0.2) is 41.3 Å². The first-order valence-corrected chi connectivity index (χ1v) is 10.1. The van der Waals surface area contributed by atoms with Gasteiger partial charge >= 0.3 is 5.97 Å². The van der Waals surface area contributed by atoms with Crippen molar-refractivity contribution in [2.75, 3.05) is 13.7 Å². The molecule has 30 heavy (non-hydrogen) atoms. The molecule has 0 saturated carbocycles. The SMILES string of the molecule is COc1cc(/C=C2\SC(=O)N(Cc3c(Cl)cccc3Cl)C2=O)ccc1OCC(=O)O. The van der Waals surface area contributed by atoms with Gasteiger partial charge in [-0.3, -0.25) is 14.5 Å². The molecule has 0 radical (unpaired) electrons. The molecule has 2 amide bonds. The summed E-state index contributed by atoms with van der Waals surface area (Å²) in [6.07, 6.45) is 1.54. The molecule has 10 heteroatoms. The van der Waals surface area contributed by atoms with Crippen LogP contribution in [0.25, 0.3) is 6.08 Å². The Bertz CT molecular complexity index is 1040. The molecule has 1 saturated heterocycles. The number of ether oxygens (including phenoxy) is 2. The van der Waals surface area contributed by atoms with Gasteiger partial charge in [-0.15, -0.1) is 0 Å². The number of methoxy groups -OCH3 is 1. The van der Waals surface area contributed by atoms with Gasteiger partial charge in [0.1, 0.15) is 0 Å². The van der Waals surface area contributed by atoms with E-state index >= 15 is 0 Å². The number of nitrogens with zero attached hydrogens (tertiary/aromatic N) is 1. The molecule has 1 N–H and O–H groups in total. The second-order valence-corrected chi connectivity index (χ2v) is 7.87. The first-order chi connectivity index (χ1) is 14.3. The van der Waals surface area contributed by atoms with E-state index in [0.29, 0.717) is 26.9 Å². The van der Waals surface area contributed by atoms with Crippen molar-refractivity contribution in [1.29, 1.82) is 0 Å². The van der Waals surface area contributed by atoms with E-state index < -0.39 is 23.7 Å². The fourth-order valence-corrected chi connectivity index (χ4v) is 4.02. The summed E-state index contributed by atoms with van der Waals surface area (Å²) in [7, 11) is 1.41. The number of carbonyl (C=O) groups excluding carboxylic acids is 2. The Morgan fingerprint density at radius 3 is 2.50 bits per heavy atom. The number of benzene rings is 2. The van der Waals surface area contributed by atoms with E-state index in [-0.39, 0.29) is 17.2 Å². The van der Waals surface area contributed by atoms with E-state index in [1.54, 1.807) is 36.4 Å². The highest BCUT2D eigenvalue weighted by Crippen LogP contribution is 2.36. The van der Waals surface area contributed by atoms with Gasteiger partial charge in [-0.2, -0.15) is 0 Å². The number of aliphatic carboxylic acids is 1. The average molecular weight is 468 g/mol. The third-order valence-electron chi connectivity index (χ3n) is 4.09. The standard InChI is InChI=1S/C20H15Cl2NO6S/c1-28-16-7-11(5-6-15(16)29-10-18(24)25)8-17-19(26)23(20(27)30-17)9-12-13(21)3-2-4-14(12)22/h2-8H,9-10H2,1H3,(H,24,25)/b17-8-. The van der Waals surface area contributed by atoms with Crippen molar-refractivity contribution in [1.82, 2.24) is 4.90 Å². The van der Waals surface area contributed by atoms with Crippen LogP contribution in [-0.4, -0.2) is 40.8 Å². The highest BCUT2D eigenvalue weighted by atomic mass is 35.5. The lowest BCUT2D eigenvalue weighted by Crippen LogP contribution is -2.27. The third-order valence-corrected chi connectivity index (χ3v) is 5.70. The summed E-state index contributed by atoms with van der Waals surface area (Å²) in [4.78, 5) is 37.1. The summed E-state index contributed by atoms with van der Waals surface area (Å²) < 4.78 is 10.4. The Hall–Kier alpha value is -2.68. The Balaban J connectivity index is 1.82. The van der Waals surface area contributed by atoms with Gasteiger partial charge in [0, 0.05) is 15.6 Å². The minimum absolute atomic E-state index is 0.0359. The molecule has 0 aromatic heterocycles. The Morgan fingerprint density at radius 1 is 1.17 bits per heavy atom. The number of hydrogen-bond acceptors (Lipinski definition) is 6. The van der Waals surface area contributed by atoms with Crippen LogP contribution in [0, 0.1) is 0 Å². The van der Waals surface area contributed by atoms with Crippen molar-refractivity contribution >= 4 is 58.2 Å². The van der Waals surface area contributed by atoms with Crippen molar-refractivity contribution in [3.8, 4) is 11.5 Å². The maximum Gasteiger partial charge on any atom is 0.341 e. The largest absolute Gasteiger partial charge is 0.493 e. The molecule has 156 valence electrons. The Kier molecular flexibility index (Phi) is 6.91.